The molecule has 1 aliphatic heterocycles. The van der Waals surface area contributed by atoms with E-state index in [0.717, 1.165) is 4.90 Å². The lowest BCUT2D eigenvalue weighted by atomic mass is 10.1. The van der Waals surface area contributed by atoms with Gasteiger partial charge in [-0.05, 0) is 12.1 Å². The first-order chi connectivity index (χ1) is 16.7. The number of aromatic nitrogens is 1. The summed E-state index contributed by atoms with van der Waals surface area (Å²) in [6.07, 6.45) is -0.139. The van der Waals surface area contributed by atoms with E-state index >= 15 is 0 Å². The monoisotopic (exact) mass is 504 g/mol. The molecule has 2 heterocycles. The smallest absolute Gasteiger partial charge is 0.250 e. The van der Waals surface area contributed by atoms with Gasteiger partial charge in [0.05, 0.1) is 29.8 Å². The van der Waals surface area contributed by atoms with E-state index in [9.17, 15) is 23.2 Å². The van der Waals surface area contributed by atoms with Crippen molar-refractivity contribution in [1.82, 2.24) is 14.8 Å². The Morgan fingerprint density at radius 2 is 1.97 bits per heavy atom. The number of methoxy groups -OCH3 is 1. The Bertz CT molecular complexity index is 1310. The van der Waals surface area contributed by atoms with E-state index < -0.39 is 35.8 Å². The largest absolute Gasteiger partial charge is 0.495 e. The number of hydrogen-bond donors (Lipinski definition) is 2. The number of para-hydroxylation sites is 1. The minimum absolute atomic E-state index is 0.0806. The molecule has 0 saturated carbocycles. The molecule has 1 aromatic heterocycles. The predicted octanol–water partition coefficient (Wildman–Crippen LogP) is 2.80. The molecule has 3 amide bonds. The molecule has 0 radical (unpaired) electrons. The molecule has 1 fully saturated rings. The van der Waals surface area contributed by atoms with E-state index in [1.807, 2.05) is 0 Å². The van der Waals surface area contributed by atoms with Crippen LogP contribution in [0.15, 0.2) is 42.6 Å². The number of nitrogens with two attached hydrogens (primary N) is 1. The highest BCUT2D eigenvalue weighted by Crippen LogP contribution is 2.30. The number of fused-ring (bicyclic) bond motifs is 1. The van der Waals surface area contributed by atoms with Crippen LogP contribution < -0.4 is 15.8 Å². The molecule has 2 atom stereocenters. The number of alkyl halides is 1. The van der Waals surface area contributed by atoms with Crippen LogP contribution in [0.5, 0.6) is 5.75 Å². The van der Waals surface area contributed by atoms with Crippen molar-refractivity contribution < 1.29 is 27.9 Å². The Balaban J connectivity index is 1.55. The molecule has 2 aromatic carbocycles. The Labute approximate surface area is 204 Å². The van der Waals surface area contributed by atoms with Crippen LogP contribution in [0.3, 0.4) is 0 Å². The SMILES string of the molecule is COc1cccc2c(C(N)=O)cn(CC(=O)N3C[C@H](F)C[C@H]3C(=O)NCc3cccc(Cl)c3F)c12. The lowest BCUT2D eigenvalue weighted by Gasteiger charge is -2.24. The van der Waals surface area contributed by atoms with Crippen LogP contribution >= 0.6 is 11.6 Å². The molecule has 3 N–H and O–H groups in total. The summed E-state index contributed by atoms with van der Waals surface area (Å²) in [6.45, 7) is -0.701. The lowest BCUT2D eigenvalue weighted by molar-refractivity contribution is -0.139. The number of carbonyl (C=O) groups excluding carboxylic acids is 3. The number of nitrogens with one attached hydrogen (secondary N) is 1. The van der Waals surface area contributed by atoms with Crippen molar-refractivity contribution >= 4 is 40.2 Å². The quantitative estimate of drug-likeness (QED) is 0.516. The molecule has 11 heteroatoms. The number of benzene rings is 2. The van der Waals surface area contributed by atoms with Gasteiger partial charge >= 0.3 is 0 Å². The number of nitrogens with zero attached hydrogens (tertiary/aromatic N) is 2. The second-order valence-electron chi connectivity index (χ2n) is 8.22. The Morgan fingerprint density at radius 1 is 1.23 bits per heavy atom. The maximum Gasteiger partial charge on any atom is 0.250 e. The van der Waals surface area contributed by atoms with Gasteiger partial charge in [-0.25, -0.2) is 8.78 Å². The van der Waals surface area contributed by atoms with Gasteiger partial charge in [-0.15, -0.1) is 0 Å². The normalized spacial score (nSPS) is 17.5. The molecule has 0 spiro atoms. The van der Waals surface area contributed by atoms with Crippen LogP contribution in [0.1, 0.15) is 22.3 Å². The van der Waals surface area contributed by atoms with Crippen molar-refractivity contribution in [2.45, 2.75) is 31.7 Å². The summed E-state index contributed by atoms with van der Waals surface area (Å²) in [5.74, 6) is -2.05. The van der Waals surface area contributed by atoms with Gasteiger partial charge in [0, 0.05) is 30.1 Å². The molecular weight excluding hydrogens is 482 g/mol. The van der Waals surface area contributed by atoms with E-state index in [4.69, 9.17) is 22.1 Å². The van der Waals surface area contributed by atoms with Gasteiger partial charge in [0.15, 0.2) is 0 Å². The lowest BCUT2D eigenvalue weighted by Crippen LogP contribution is -2.46. The number of likely N-dealkylation sites (tertiary alicyclic amines) is 1. The first-order valence-electron chi connectivity index (χ1n) is 10.8. The van der Waals surface area contributed by atoms with Gasteiger partial charge < -0.3 is 25.3 Å². The number of ether oxygens (including phenoxy) is 1. The van der Waals surface area contributed by atoms with Gasteiger partial charge in [-0.2, -0.15) is 0 Å². The third-order valence-electron chi connectivity index (χ3n) is 6.01. The summed E-state index contributed by atoms with van der Waals surface area (Å²) >= 11 is 5.77. The zero-order valence-corrected chi connectivity index (χ0v) is 19.5. The van der Waals surface area contributed by atoms with Crippen LogP contribution in [0.25, 0.3) is 10.9 Å². The van der Waals surface area contributed by atoms with Crippen LogP contribution in [0.2, 0.25) is 5.02 Å². The Kier molecular flexibility index (Phi) is 6.93. The molecule has 0 unspecified atom stereocenters. The third-order valence-corrected chi connectivity index (χ3v) is 6.30. The summed E-state index contributed by atoms with van der Waals surface area (Å²) in [5.41, 5.74) is 6.34. The summed E-state index contributed by atoms with van der Waals surface area (Å²) < 4.78 is 35.3. The van der Waals surface area contributed by atoms with Crippen molar-refractivity contribution in [2.24, 2.45) is 5.73 Å². The van der Waals surface area contributed by atoms with Gasteiger partial charge in [-0.3, -0.25) is 14.4 Å². The number of amides is 3. The minimum Gasteiger partial charge on any atom is -0.495 e. The van der Waals surface area contributed by atoms with Crippen molar-refractivity contribution in [3.05, 3.63) is 64.6 Å². The maximum atomic E-state index is 14.3. The third kappa shape index (κ3) is 4.79. The highest BCUT2D eigenvalue weighted by molar-refractivity contribution is 6.30. The zero-order valence-electron chi connectivity index (χ0n) is 18.8. The molecule has 8 nitrogen and oxygen atoms in total. The van der Waals surface area contributed by atoms with E-state index in [0.29, 0.717) is 16.7 Å². The number of primary amides is 1. The standard InChI is InChI=1S/C24H23ClF2N4O4/c1-35-19-7-3-5-15-16(23(28)33)11-30(22(15)19)12-20(32)31-10-14(26)8-18(31)24(34)29-9-13-4-2-6-17(25)21(13)27/h2-7,11,14,18H,8-10,12H2,1H3,(H2,28,33)(H,29,34)/t14-,18+/m1/s1. The minimum atomic E-state index is -1.39. The molecular formula is C24H23ClF2N4O4. The highest BCUT2D eigenvalue weighted by atomic mass is 35.5. The molecule has 4 rings (SSSR count). The second kappa shape index (κ2) is 9.91. The van der Waals surface area contributed by atoms with E-state index in [1.54, 1.807) is 24.3 Å². The second-order valence-corrected chi connectivity index (χ2v) is 8.62. The topological polar surface area (TPSA) is 107 Å². The molecule has 35 heavy (non-hydrogen) atoms. The van der Waals surface area contributed by atoms with Crippen LogP contribution in [0, 0.1) is 5.82 Å². The number of rotatable bonds is 7. The fraction of sp³-hybridized carbons (Fsp3) is 0.292. The van der Waals surface area contributed by atoms with Gasteiger partial charge in [-0.1, -0.05) is 35.9 Å². The van der Waals surface area contributed by atoms with Crippen molar-refractivity contribution in [1.29, 1.82) is 0 Å². The van der Waals surface area contributed by atoms with Crippen molar-refractivity contribution in [2.75, 3.05) is 13.7 Å². The highest BCUT2D eigenvalue weighted by Gasteiger charge is 2.40. The molecule has 184 valence electrons. The summed E-state index contributed by atoms with van der Waals surface area (Å²) in [6, 6.07) is 8.38. The van der Waals surface area contributed by atoms with Gasteiger partial charge in [0.25, 0.3) is 5.91 Å². The average Bonchev–Trinajstić information content (AvgIpc) is 3.41. The summed E-state index contributed by atoms with van der Waals surface area (Å²) in [4.78, 5) is 39.1. The first-order valence-corrected chi connectivity index (χ1v) is 11.2. The number of halogens is 3. The molecule has 1 aliphatic rings. The van der Waals surface area contributed by atoms with E-state index in [1.165, 1.54) is 30.0 Å². The van der Waals surface area contributed by atoms with Crippen LogP contribution in [0.4, 0.5) is 8.78 Å². The van der Waals surface area contributed by atoms with Gasteiger partial charge in [0.2, 0.25) is 11.8 Å². The fourth-order valence-electron chi connectivity index (χ4n) is 4.34. The molecule has 1 saturated heterocycles. The van der Waals surface area contributed by atoms with Crippen molar-refractivity contribution in [3.63, 3.8) is 0 Å². The Morgan fingerprint density at radius 3 is 2.69 bits per heavy atom. The maximum absolute atomic E-state index is 14.3. The van der Waals surface area contributed by atoms with E-state index in [2.05, 4.69) is 5.32 Å². The molecule has 0 aliphatic carbocycles. The predicted molar refractivity (Wildman–Crippen MR) is 125 cm³/mol. The number of hydrogen-bond acceptors (Lipinski definition) is 4. The fourth-order valence-corrected chi connectivity index (χ4v) is 4.54. The summed E-state index contributed by atoms with van der Waals surface area (Å²) in [7, 11) is 1.45. The average molecular weight is 505 g/mol. The molecule has 0 bridgehead atoms. The number of carbonyl (C=O) groups is 3. The summed E-state index contributed by atoms with van der Waals surface area (Å²) in [5, 5.41) is 2.99. The van der Waals surface area contributed by atoms with E-state index in [-0.39, 0.29) is 42.2 Å². The Hall–Kier alpha value is -3.66. The zero-order chi connectivity index (χ0) is 25.3. The van der Waals surface area contributed by atoms with Crippen LogP contribution in [-0.2, 0) is 22.7 Å². The van der Waals surface area contributed by atoms with Crippen molar-refractivity contribution in [3.8, 4) is 5.75 Å². The molecule has 3 aromatic rings. The van der Waals surface area contributed by atoms with Crippen LogP contribution in [-0.4, -0.2) is 53.1 Å². The van der Waals surface area contributed by atoms with Gasteiger partial charge in [0.1, 0.15) is 30.3 Å². The first kappa shape index (κ1) is 24.5.